The Balaban J connectivity index is 1.39. The SMILES string of the molecule is COc1ccc(CNC(=O)CSc2nc3cc(-c4ccccc4)[nH]c3c(=O)n2Cc2ccccc2)cc1. The van der Waals surface area contributed by atoms with Crippen molar-refractivity contribution in [3.05, 3.63) is 112 Å². The maximum Gasteiger partial charge on any atom is 0.278 e. The van der Waals surface area contributed by atoms with E-state index in [1.807, 2.05) is 91.0 Å². The molecule has 0 saturated carbocycles. The van der Waals surface area contributed by atoms with Crippen LogP contribution < -0.4 is 15.6 Å². The van der Waals surface area contributed by atoms with Crippen molar-refractivity contribution < 1.29 is 9.53 Å². The van der Waals surface area contributed by atoms with Crippen LogP contribution in [0.5, 0.6) is 5.75 Å². The normalized spacial score (nSPS) is 10.9. The van der Waals surface area contributed by atoms with Crippen LogP contribution in [-0.4, -0.2) is 33.3 Å². The maximum atomic E-state index is 13.6. The molecule has 1 amide bonds. The van der Waals surface area contributed by atoms with Gasteiger partial charge in [-0.05, 0) is 34.9 Å². The highest BCUT2D eigenvalue weighted by Gasteiger charge is 2.16. The number of hydrogen-bond acceptors (Lipinski definition) is 5. The van der Waals surface area contributed by atoms with Crippen LogP contribution in [0.3, 0.4) is 0 Å². The number of nitrogens with zero attached hydrogens (tertiary/aromatic N) is 2. The highest BCUT2D eigenvalue weighted by Crippen LogP contribution is 2.24. The van der Waals surface area contributed by atoms with E-state index in [0.717, 1.165) is 28.1 Å². The summed E-state index contributed by atoms with van der Waals surface area (Å²) < 4.78 is 6.80. The van der Waals surface area contributed by atoms with Crippen LogP contribution in [0.2, 0.25) is 0 Å². The van der Waals surface area contributed by atoms with Crippen LogP contribution >= 0.6 is 11.8 Å². The van der Waals surface area contributed by atoms with E-state index in [9.17, 15) is 9.59 Å². The van der Waals surface area contributed by atoms with Crippen molar-refractivity contribution >= 4 is 28.7 Å². The predicted molar refractivity (Wildman–Crippen MR) is 147 cm³/mol. The fraction of sp³-hybridized carbons (Fsp3) is 0.138. The average molecular weight is 511 g/mol. The number of benzene rings is 3. The van der Waals surface area contributed by atoms with Crippen molar-refractivity contribution in [2.45, 2.75) is 18.2 Å². The fourth-order valence-corrected chi connectivity index (χ4v) is 4.82. The van der Waals surface area contributed by atoms with Crippen molar-refractivity contribution in [3.8, 4) is 17.0 Å². The minimum Gasteiger partial charge on any atom is -0.497 e. The summed E-state index contributed by atoms with van der Waals surface area (Å²) in [5.41, 5.74) is 4.61. The lowest BCUT2D eigenvalue weighted by Gasteiger charge is -2.12. The quantitative estimate of drug-likeness (QED) is 0.218. The first kappa shape index (κ1) is 24.4. The number of carbonyl (C=O) groups excluding carboxylic acids is 1. The molecule has 0 spiro atoms. The Kier molecular flexibility index (Phi) is 7.37. The number of ether oxygens (including phenoxy) is 1. The van der Waals surface area contributed by atoms with E-state index in [0.29, 0.717) is 29.3 Å². The highest BCUT2D eigenvalue weighted by molar-refractivity contribution is 7.99. The number of H-pyrrole nitrogens is 1. The van der Waals surface area contributed by atoms with Gasteiger partial charge in [-0.1, -0.05) is 84.6 Å². The molecule has 2 heterocycles. The standard InChI is InChI=1S/C29H26N4O3S/c1-36-23-14-12-20(13-15-23)17-30-26(34)19-37-29-32-25-16-24(22-10-6-3-7-11-22)31-27(25)28(35)33(29)18-21-8-4-2-5-9-21/h2-16,31H,17-19H2,1H3,(H,30,34). The molecule has 0 atom stereocenters. The van der Waals surface area contributed by atoms with Gasteiger partial charge in [0, 0.05) is 12.2 Å². The fourth-order valence-electron chi connectivity index (χ4n) is 3.99. The predicted octanol–water partition coefficient (Wildman–Crippen LogP) is 4.86. The molecule has 0 bridgehead atoms. The van der Waals surface area contributed by atoms with Gasteiger partial charge in [0.15, 0.2) is 5.16 Å². The van der Waals surface area contributed by atoms with E-state index in [2.05, 4.69) is 10.3 Å². The Hall–Kier alpha value is -4.30. The molecule has 0 unspecified atom stereocenters. The van der Waals surface area contributed by atoms with Crippen molar-refractivity contribution in [3.63, 3.8) is 0 Å². The molecule has 5 aromatic rings. The molecule has 2 N–H and O–H groups in total. The number of aromatic amines is 1. The van der Waals surface area contributed by atoms with Gasteiger partial charge in [0.1, 0.15) is 11.3 Å². The molecule has 0 aliphatic heterocycles. The zero-order valence-corrected chi connectivity index (χ0v) is 21.1. The first-order valence-electron chi connectivity index (χ1n) is 11.9. The summed E-state index contributed by atoms with van der Waals surface area (Å²) in [5, 5.41) is 3.43. The average Bonchev–Trinajstić information content (AvgIpc) is 3.38. The van der Waals surface area contributed by atoms with E-state index < -0.39 is 0 Å². The summed E-state index contributed by atoms with van der Waals surface area (Å²) in [6.07, 6.45) is 0. The largest absolute Gasteiger partial charge is 0.497 e. The third kappa shape index (κ3) is 5.76. The maximum absolute atomic E-state index is 13.6. The lowest BCUT2D eigenvalue weighted by molar-refractivity contribution is -0.118. The molecule has 37 heavy (non-hydrogen) atoms. The summed E-state index contributed by atoms with van der Waals surface area (Å²) in [6, 6.07) is 29.0. The van der Waals surface area contributed by atoms with Gasteiger partial charge in [-0.2, -0.15) is 0 Å². The molecular weight excluding hydrogens is 484 g/mol. The van der Waals surface area contributed by atoms with Crippen LogP contribution in [0.15, 0.2) is 101 Å². The zero-order valence-electron chi connectivity index (χ0n) is 20.3. The van der Waals surface area contributed by atoms with E-state index in [4.69, 9.17) is 9.72 Å². The number of rotatable bonds is 9. The molecule has 7 nitrogen and oxygen atoms in total. The van der Waals surface area contributed by atoms with Gasteiger partial charge in [0.05, 0.1) is 24.9 Å². The molecule has 0 aliphatic carbocycles. The summed E-state index contributed by atoms with van der Waals surface area (Å²) in [5.74, 6) is 0.767. The monoisotopic (exact) mass is 510 g/mol. The minimum absolute atomic E-state index is 0.138. The Labute approximate surface area is 218 Å². The first-order chi connectivity index (χ1) is 18.1. The van der Waals surface area contributed by atoms with Crippen LogP contribution in [0, 0.1) is 0 Å². The van der Waals surface area contributed by atoms with Crippen LogP contribution in [0.1, 0.15) is 11.1 Å². The number of methoxy groups -OCH3 is 1. The lowest BCUT2D eigenvalue weighted by atomic mass is 10.2. The number of amides is 1. The molecule has 8 heteroatoms. The summed E-state index contributed by atoms with van der Waals surface area (Å²) in [6.45, 7) is 0.767. The van der Waals surface area contributed by atoms with E-state index in [-0.39, 0.29) is 17.2 Å². The highest BCUT2D eigenvalue weighted by atomic mass is 32.2. The smallest absolute Gasteiger partial charge is 0.278 e. The van der Waals surface area contributed by atoms with Gasteiger partial charge >= 0.3 is 0 Å². The molecule has 5 rings (SSSR count). The Morgan fingerprint density at radius 1 is 0.973 bits per heavy atom. The molecule has 0 saturated heterocycles. The Morgan fingerprint density at radius 2 is 1.68 bits per heavy atom. The van der Waals surface area contributed by atoms with Gasteiger partial charge < -0.3 is 15.0 Å². The van der Waals surface area contributed by atoms with Gasteiger partial charge in [-0.25, -0.2) is 4.98 Å². The Bertz CT molecular complexity index is 1560. The molecule has 0 radical (unpaired) electrons. The Morgan fingerprint density at radius 3 is 2.38 bits per heavy atom. The van der Waals surface area contributed by atoms with E-state index in [1.165, 1.54) is 11.8 Å². The van der Waals surface area contributed by atoms with Gasteiger partial charge in [0.2, 0.25) is 5.91 Å². The number of fused-ring (bicyclic) bond motifs is 1. The topological polar surface area (TPSA) is 89.0 Å². The molecule has 0 fully saturated rings. The lowest BCUT2D eigenvalue weighted by Crippen LogP contribution is -2.27. The molecule has 186 valence electrons. The van der Waals surface area contributed by atoms with Gasteiger partial charge in [-0.15, -0.1) is 0 Å². The first-order valence-corrected chi connectivity index (χ1v) is 12.8. The second-order valence-electron chi connectivity index (χ2n) is 8.49. The van der Waals surface area contributed by atoms with E-state index in [1.54, 1.807) is 11.7 Å². The zero-order chi connectivity index (χ0) is 25.6. The molecule has 0 aliphatic rings. The summed E-state index contributed by atoms with van der Waals surface area (Å²) in [7, 11) is 1.62. The van der Waals surface area contributed by atoms with Gasteiger partial charge in [-0.3, -0.25) is 14.2 Å². The molecule has 3 aromatic carbocycles. The van der Waals surface area contributed by atoms with Crippen LogP contribution in [-0.2, 0) is 17.9 Å². The number of hydrogen-bond donors (Lipinski definition) is 2. The third-order valence-electron chi connectivity index (χ3n) is 5.95. The van der Waals surface area contributed by atoms with Crippen molar-refractivity contribution in [1.29, 1.82) is 0 Å². The minimum atomic E-state index is -0.169. The van der Waals surface area contributed by atoms with Crippen molar-refractivity contribution in [1.82, 2.24) is 19.9 Å². The second-order valence-corrected chi connectivity index (χ2v) is 9.44. The van der Waals surface area contributed by atoms with Crippen molar-refractivity contribution in [2.24, 2.45) is 0 Å². The van der Waals surface area contributed by atoms with Crippen molar-refractivity contribution in [2.75, 3.05) is 12.9 Å². The number of nitrogens with one attached hydrogen (secondary N) is 2. The summed E-state index contributed by atoms with van der Waals surface area (Å²) >= 11 is 1.26. The van der Waals surface area contributed by atoms with Gasteiger partial charge in [0.25, 0.3) is 5.56 Å². The molecular formula is C29H26N4O3S. The number of thioether (sulfide) groups is 1. The van der Waals surface area contributed by atoms with Crippen LogP contribution in [0.25, 0.3) is 22.3 Å². The summed E-state index contributed by atoms with van der Waals surface area (Å²) in [4.78, 5) is 34.3. The second kappa shape index (κ2) is 11.2. The van der Waals surface area contributed by atoms with Crippen LogP contribution in [0.4, 0.5) is 0 Å². The number of aromatic nitrogens is 3. The molecule has 2 aromatic heterocycles. The third-order valence-corrected chi connectivity index (χ3v) is 6.93. The number of carbonyl (C=O) groups is 1. The van der Waals surface area contributed by atoms with E-state index >= 15 is 0 Å².